The van der Waals surface area contributed by atoms with Crippen LogP contribution in [0.3, 0.4) is 0 Å². The first kappa shape index (κ1) is 15.7. The Morgan fingerprint density at radius 2 is 0.500 bits per heavy atom. The molecule has 0 heteroatoms. The van der Waals surface area contributed by atoms with Gasteiger partial charge in [0.1, 0.15) is 0 Å². The minimum absolute atomic E-state index is 1.12. The van der Waals surface area contributed by atoms with Gasteiger partial charge in [0.25, 0.3) is 0 Å². The summed E-state index contributed by atoms with van der Waals surface area (Å²) in [5.41, 5.74) is 0. The van der Waals surface area contributed by atoms with Crippen molar-refractivity contribution in [2.24, 2.45) is 0 Å². The zero-order valence-corrected chi connectivity index (χ0v) is 11.3. The van der Waals surface area contributed by atoms with Crippen molar-refractivity contribution >= 4 is 0 Å². The molecule has 94 valence electrons. The molecule has 0 unspecified atom stereocenters. The fourth-order valence-corrected chi connectivity index (χ4v) is 2.12. The highest BCUT2D eigenvalue weighted by molar-refractivity contribution is 4.50. The fourth-order valence-electron chi connectivity index (χ4n) is 2.12. The third-order valence-corrected chi connectivity index (χ3v) is 3.25. The maximum absolute atomic E-state index is 3.87. The van der Waals surface area contributed by atoms with Gasteiger partial charge in [-0.15, -0.1) is 0 Å². The highest BCUT2D eigenvalue weighted by Gasteiger charge is 1.93. The minimum Gasteiger partial charge on any atom is -0.0533 e. The number of rotatable bonds is 13. The zero-order chi connectivity index (χ0) is 11.9. The van der Waals surface area contributed by atoms with Crippen LogP contribution in [0.2, 0.25) is 0 Å². The van der Waals surface area contributed by atoms with E-state index in [0.717, 1.165) is 12.8 Å². The number of hydrogen-bond acceptors (Lipinski definition) is 0. The van der Waals surface area contributed by atoms with Crippen LogP contribution < -0.4 is 0 Å². The van der Waals surface area contributed by atoms with E-state index in [-0.39, 0.29) is 0 Å². The summed E-state index contributed by atoms with van der Waals surface area (Å²) < 4.78 is 0. The molecule has 0 rings (SSSR count). The van der Waals surface area contributed by atoms with Crippen LogP contribution in [0.4, 0.5) is 0 Å². The van der Waals surface area contributed by atoms with Gasteiger partial charge >= 0.3 is 0 Å². The van der Waals surface area contributed by atoms with Crippen LogP contribution in [-0.4, -0.2) is 0 Å². The van der Waals surface area contributed by atoms with Gasteiger partial charge in [0, 0.05) is 0 Å². The molecular weight excluding hydrogens is 192 g/mol. The Hall–Kier alpha value is -0.260. The van der Waals surface area contributed by atoms with E-state index in [2.05, 4.69) is 13.8 Å². The monoisotopic (exact) mass is 224 g/mol. The van der Waals surface area contributed by atoms with Gasteiger partial charge in [0.05, 0.1) is 26.7 Å². The van der Waals surface area contributed by atoms with Crippen molar-refractivity contribution in [1.29, 1.82) is 0 Å². The van der Waals surface area contributed by atoms with Crippen LogP contribution in [0.15, 0.2) is 0 Å². The second kappa shape index (κ2) is 14.7. The van der Waals surface area contributed by atoms with Crippen molar-refractivity contribution in [3.8, 4) is 0 Å². The van der Waals surface area contributed by atoms with E-state index in [4.69, 9.17) is 0 Å². The third-order valence-electron chi connectivity index (χ3n) is 3.25. The summed E-state index contributed by atoms with van der Waals surface area (Å²) in [7, 11) is 0. The molecule has 0 aromatic rings. The Kier molecular flexibility index (Phi) is 14.5. The smallest absolute Gasteiger partial charge is 0.0533 e. The Morgan fingerprint density at radius 3 is 0.688 bits per heavy atom. The normalized spacial score (nSPS) is 10.8. The lowest BCUT2D eigenvalue weighted by Crippen LogP contribution is -1.82. The van der Waals surface area contributed by atoms with Crippen molar-refractivity contribution in [2.75, 3.05) is 0 Å². The Bertz CT molecular complexity index is 92.6. The molecule has 0 fully saturated rings. The van der Waals surface area contributed by atoms with E-state index < -0.39 is 0 Å². The first-order chi connectivity index (χ1) is 7.91. The largest absolute Gasteiger partial charge is 0.0850 e. The van der Waals surface area contributed by atoms with Crippen molar-refractivity contribution in [2.45, 2.75) is 89.9 Å². The molecule has 0 N–H and O–H groups in total. The van der Waals surface area contributed by atoms with Gasteiger partial charge in [0.15, 0.2) is 0 Å². The lowest BCUT2D eigenvalue weighted by atomic mass is 10.0. The van der Waals surface area contributed by atoms with Crippen molar-refractivity contribution < 1.29 is 0 Å². The molecule has 0 nitrogen and oxygen atoms in total. The molecule has 0 aromatic heterocycles. The van der Waals surface area contributed by atoms with Crippen molar-refractivity contribution in [3.05, 3.63) is 13.8 Å². The third kappa shape index (κ3) is 13.7. The molecule has 16 heavy (non-hydrogen) atoms. The molecule has 0 atom stereocenters. The SMILES string of the molecule is [CH2+]CCCCCCCCCCCCCC[CH2+]. The van der Waals surface area contributed by atoms with Crippen LogP contribution in [0.25, 0.3) is 0 Å². The average Bonchev–Trinajstić information content (AvgIpc) is 2.31. The van der Waals surface area contributed by atoms with Gasteiger partial charge in [-0.2, -0.15) is 0 Å². The van der Waals surface area contributed by atoms with Crippen molar-refractivity contribution in [1.82, 2.24) is 0 Å². The number of unbranched alkanes of at least 4 members (excludes halogenated alkanes) is 13. The van der Waals surface area contributed by atoms with Crippen molar-refractivity contribution in [3.63, 3.8) is 0 Å². The quantitative estimate of drug-likeness (QED) is 0.261. The molecule has 0 radical (unpaired) electrons. The lowest BCUT2D eigenvalue weighted by Gasteiger charge is -2.01. The van der Waals surface area contributed by atoms with Gasteiger partial charge in [-0.3, -0.25) is 0 Å². The molecule has 0 heterocycles. The molecule has 0 saturated heterocycles. The Labute approximate surface area is 104 Å². The molecular formula is C16H32+2. The van der Waals surface area contributed by atoms with E-state index in [1.54, 1.807) is 0 Å². The summed E-state index contributed by atoms with van der Waals surface area (Å²) in [4.78, 5) is 0. The first-order valence-corrected chi connectivity index (χ1v) is 7.50. The van der Waals surface area contributed by atoms with E-state index in [1.807, 2.05) is 0 Å². The average molecular weight is 224 g/mol. The van der Waals surface area contributed by atoms with E-state index in [0.29, 0.717) is 0 Å². The van der Waals surface area contributed by atoms with Gasteiger partial charge in [0.2, 0.25) is 0 Å². The molecule has 0 saturated carbocycles. The molecule has 0 aliphatic carbocycles. The van der Waals surface area contributed by atoms with Crippen LogP contribution >= 0.6 is 0 Å². The summed E-state index contributed by atoms with van der Waals surface area (Å²) in [6.07, 6.45) is 19.3. The Morgan fingerprint density at radius 1 is 0.312 bits per heavy atom. The van der Waals surface area contributed by atoms with Crippen LogP contribution in [0, 0.1) is 13.8 Å². The standard InChI is InChI=1S/C16H32/c1-3-5-7-9-11-13-15-16-14-12-10-8-6-4-2/h1-16H2/q+2. The molecule has 0 spiro atoms. The lowest BCUT2D eigenvalue weighted by molar-refractivity contribution is 0.542. The predicted molar refractivity (Wildman–Crippen MR) is 75.4 cm³/mol. The maximum atomic E-state index is 3.87. The first-order valence-electron chi connectivity index (χ1n) is 7.50. The molecule has 0 bridgehead atoms. The summed E-state index contributed by atoms with van der Waals surface area (Å²) in [6.45, 7) is 7.74. The fraction of sp³-hybridized carbons (Fsp3) is 0.875. The molecule has 0 amide bonds. The topological polar surface area (TPSA) is 0 Å². The van der Waals surface area contributed by atoms with Gasteiger partial charge in [-0.05, 0) is 25.7 Å². The molecule has 0 aliphatic heterocycles. The van der Waals surface area contributed by atoms with E-state index in [9.17, 15) is 0 Å². The second-order valence-corrected chi connectivity index (χ2v) is 4.95. The van der Waals surface area contributed by atoms with Crippen LogP contribution in [-0.2, 0) is 0 Å². The summed E-state index contributed by atoms with van der Waals surface area (Å²) in [5.74, 6) is 0. The van der Waals surface area contributed by atoms with Crippen LogP contribution in [0.5, 0.6) is 0 Å². The van der Waals surface area contributed by atoms with Gasteiger partial charge < -0.3 is 0 Å². The van der Waals surface area contributed by atoms with Crippen LogP contribution in [0.1, 0.15) is 89.9 Å². The zero-order valence-electron chi connectivity index (χ0n) is 11.3. The summed E-state index contributed by atoms with van der Waals surface area (Å²) >= 11 is 0. The molecule has 0 aliphatic rings. The second-order valence-electron chi connectivity index (χ2n) is 4.95. The summed E-state index contributed by atoms with van der Waals surface area (Å²) in [5, 5.41) is 0. The summed E-state index contributed by atoms with van der Waals surface area (Å²) in [6, 6.07) is 0. The van der Waals surface area contributed by atoms with Gasteiger partial charge in [-0.1, -0.05) is 51.4 Å². The minimum atomic E-state index is 1.12. The van der Waals surface area contributed by atoms with Gasteiger partial charge in [-0.25, -0.2) is 0 Å². The highest BCUT2D eigenvalue weighted by atomic mass is 14.0. The van der Waals surface area contributed by atoms with E-state index in [1.165, 1.54) is 77.0 Å². The highest BCUT2D eigenvalue weighted by Crippen LogP contribution is 2.12. The predicted octanol–water partition coefficient (Wildman–Crippen LogP) is 6.12. The number of hydrogen-bond donors (Lipinski definition) is 0. The maximum Gasteiger partial charge on any atom is 0.0850 e. The Balaban J connectivity index is 2.83. The van der Waals surface area contributed by atoms with E-state index >= 15 is 0 Å². The molecule has 0 aromatic carbocycles.